The van der Waals surface area contributed by atoms with Gasteiger partial charge in [0.25, 0.3) is 0 Å². The Kier molecular flexibility index (Phi) is 7.44. The zero-order valence-corrected chi connectivity index (χ0v) is 7.14. The molecule has 0 fully saturated rings. The molecule has 9 heavy (non-hydrogen) atoms. The van der Waals surface area contributed by atoms with E-state index in [9.17, 15) is 0 Å². The van der Waals surface area contributed by atoms with E-state index in [0.29, 0.717) is 0 Å². The third-order valence-electron chi connectivity index (χ3n) is 0.751. The molecule has 0 aliphatic heterocycles. The SMILES string of the molecule is C\C=C/C=C\C=C\CBr. The van der Waals surface area contributed by atoms with Gasteiger partial charge < -0.3 is 0 Å². The monoisotopic (exact) mass is 186 g/mol. The van der Waals surface area contributed by atoms with Crippen molar-refractivity contribution in [2.45, 2.75) is 6.92 Å². The van der Waals surface area contributed by atoms with E-state index in [-0.39, 0.29) is 0 Å². The van der Waals surface area contributed by atoms with Gasteiger partial charge in [0.1, 0.15) is 0 Å². The molecule has 0 rings (SSSR count). The fraction of sp³-hybridized carbons (Fsp3) is 0.250. The first-order chi connectivity index (χ1) is 4.41. The van der Waals surface area contributed by atoms with Crippen molar-refractivity contribution < 1.29 is 0 Å². The third-order valence-corrected chi connectivity index (χ3v) is 1.12. The summed E-state index contributed by atoms with van der Waals surface area (Å²) in [6, 6.07) is 0. The van der Waals surface area contributed by atoms with E-state index >= 15 is 0 Å². The first-order valence-electron chi connectivity index (χ1n) is 2.92. The maximum atomic E-state index is 3.28. The second-order valence-corrected chi connectivity index (χ2v) is 2.14. The van der Waals surface area contributed by atoms with Crippen LogP contribution in [0.3, 0.4) is 0 Å². The lowest BCUT2D eigenvalue weighted by Gasteiger charge is -1.71. The molecule has 0 saturated heterocycles. The molecule has 0 N–H and O–H groups in total. The van der Waals surface area contributed by atoms with Crippen molar-refractivity contribution >= 4 is 15.9 Å². The zero-order chi connectivity index (χ0) is 6.95. The Balaban J connectivity index is 3.35. The summed E-state index contributed by atoms with van der Waals surface area (Å²) in [6.07, 6.45) is 12.0. The van der Waals surface area contributed by atoms with Gasteiger partial charge in [-0.3, -0.25) is 0 Å². The number of halogens is 1. The molecule has 0 amide bonds. The van der Waals surface area contributed by atoms with E-state index in [1.165, 1.54) is 0 Å². The summed E-state index contributed by atoms with van der Waals surface area (Å²) < 4.78 is 0. The summed E-state index contributed by atoms with van der Waals surface area (Å²) in [6.45, 7) is 2.00. The van der Waals surface area contributed by atoms with Gasteiger partial charge in [0, 0.05) is 5.33 Å². The van der Waals surface area contributed by atoms with Crippen LogP contribution >= 0.6 is 15.9 Å². The van der Waals surface area contributed by atoms with Gasteiger partial charge in [0.05, 0.1) is 0 Å². The molecule has 0 atom stereocenters. The van der Waals surface area contributed by atoms with Gasteiger partial charge in [-0.05, 0) is 6.92 Å². The van der Waals surface area contributed by atoms with Gasteiger partial charge in [0.15, 0.2) is 0 Å². The first kappa shape index (κ1) is 8.70. The van der Waals surface area contributed by atoms with E-state index in [0.717, 1.165) is 5.33 Å². The van der Waals surface area contributed by atoms with Crippen molar-refractivity contribution in [3.8, 4) is 0 Å². The highest BCUT2D eigenvalue weighted by Gasteiger charge is 1.61. The van der Waals surface area contributed by atoms with Crippen LogP contribution in [0.1, 0.15) is 6.92 Å². The van der Waals surface area contributed by atoms with Crippen molar-refractivity contribution in [2.24, 2.45) is 0 Å². The minimum absolute atomic E-state index is 0.924. The molecule has 0 spiro atoms. The Morgan fingerprint density at radius 1 is 1.11 bits per heavy atom. The summed E-state index contributed by atoms with van der Waals surface area (Å²) in [5.74, 6) is 0. The molecule has 0 unspecified atom stereocenters. The summed E-state index contributed by atoms with van der Waals surface area (Å²) in [7, 11) is 0. The van der Waals surface area contributed by atoms with Gasteiger partial charge >= 0.3 is 0 Å². The largest absolute Gasteiger partial charge is 0.0883 e. The third kappa shape index (κ3) is 7.70. The highest BCUT2D eigenvalue weighted by molar-refractivity contribution is 9.09. The van der Waals surface area contributed by atoms with Crippen LogP contribution in [0.5, 0.6) is 0 Å². The Morgan fingerprint density at radius 3 is 2.33 bits per heavy atom. The molecule has 0 aliphatic carbocycles. The van der Waals surface area contributed by atoms with Crippen LogP contribution in [0.4, 0.5) is 0 Å². The second-order valence-electron chi connectivity index (χ2n) is 1.49. The predicted molar refractivity (Wildman–Crippen MR) is 46.9 cm³/mol. The van der Waals surface area contributed by atoms with Crippen LogP contribution in [-0.4, -0.2) is 5.33 Å². The smallest absolute Gasteiger partial charge is 0.0215 e. The fourth-order valence-corrected chi connectivity index (χ4v) is 0.585. The minimum Gasteiger partial charge on any atom is -0.0883 e. The molecule has 0 aromatic carbocycles. The van der Waals surface area contributed by atoms with Crippen LogP contribution in [0.25, 0.3) is 0 Å². The lowest BCUT2D eigenvalue weighted by Crippen LogP contribution is -1.54. The maximum Gasteiger partial charge on any atom is 0.0215 e. The van der Waals surface area contributed by atoms with Crippen molar-refractivity contribution in [3.05, 3.63) is 36.5 Å². The number of rotatable bonds is 3. The first-order valence-corrected chi connectivity index (χ1v) is 4.04. The Hall–Kier alpha value is -0.300. The number of hydrogen-bond acceptors (Lipinski definition) is 0. The standard InChI is InChI=1S/C8H11Br/c1-2-3-4-5-6-7-8-9/h2-7H,8H2,1H3/b3-2-,5-4-,7-6+. The average Bonchev–Trinajstić information content (AvgIpc) is 1.89. The summed E-state index contributed by atoms with van der Waals surface area (Å²) in [5, 5.41) is 0.924. The molecule has 0 saturated carbocycles. The van der Waals surface area contributed by atoms with E-state index in [1.54, 1.807) is 0 Å². The molecule has 0 radical (unpaired) electrons. The predicted octanol–water partition coefficient (Wildman–Crippen LogP) is 3.07. The lowest BCUT2D eigenvalue weighted by atomic mass is 10.4. The fourth-order valence-electron chi connectivity index (χ4n) is 0.369. The normalized spacial score (nSPS) is 12.7. The summed E-state index contributed by atoms with van der Waals surface area (Å²) in [5.41, 5.74) is 0. The average molecular weight is 187 g/mol. The summed E-state index contributed by atoms with van der Waals surface area (Å²) >= 11 is 3.28. The van der Waals surface area contributed by atoms with Gasteiger partial charge in [-0.15, -0.1) is 0 Å². The van der Waals surface area contributed by atoms with E-state index in [4.69, 9.17) is 0 Å². The maximum absolute atomic E-state index is 3.28. The topological polar surface area (TPSA) is 0 Å². The van der Waals surface area contributed by atoms with Gasteiger partial charge in [-0.2, -0.15) is 0 Å². The van der Waals surface area contributed by atoms with Crippen molar-refractivity contribution in [3.63, 3.8) is 0 Å². The van der Waals surface area contributed by atoms with Crippen LogP contribution in [0, 0.1) is 0 Å². The van der Waals surface area contributed by atoms with Crippen LogP contribution in [0.15, 0.2) is 36.5 Å². The quantitative estimate of drug-likeness (QED) is 0.470. The van der Waals surface area contributed by atoms with Crippen LogP contribution < -0.4 is 0 Å². The molecule has 0 aromatic heterocycles. The van der Waals surface area contributed by atoms with Gasteiger partial charge in [0.2, 0.25) is 0 Å². The molecular formula is C8H11Br. The molecule has 0 nitrogen and oxygen atoms in total. The van der Waals surface area contributed by atoms with E-state index < -0.39 is 0 Å². The molecule has 0 aromatic rings. The van der Waals surface area contributed by atoms with Crippen molar-refractivity contribution in [1.29, 1.82) is 0 Å². The second kappa shape index (κ2) is 7.70. The van der Waals surface area contributed by atoms with Gasteiger partial charge in [-0.1, -0.05) is 52.4 Å². The minimum atomic E-state index is 0.924. The van der Waals surface area contributed by atoms with Crippen LogP contribution in [0.2, 0.25) is 0 Å². The van der Waals surface area contributed by atoms with Gasteiger partial charge in [-0.25, -0.2) is 0 Å². The molecular weight excluding hydrogens is 176 g/mol. The Labute approximate surface area is 65.1 Å². The number of alkyl halides is 1. The molecule has 0 aliphatic rings. The Morgan fingerprint density at radius 2 is 1.78 bits per heavy atom. The number of hydrogen-bond donors (Lipinski definition) is 0. The molecule has 1 heteroatoms. The van der Waals surface area contributed by atoms with E-state index in [2.05, 4.69) is 15.9 Å². The molecule has 0 bridgehead atoms. The van der Waals surface area contributed by atoms with Crippen LogP contribution in [-0.2, 0) is 0 Å². The lowest BCUT2D eigenvalue weighted by molar-refractivity contribution is 1.72. The van der Waals surface area contributed by atoms with E-state index in [1.807, 2.05) is 43.4 Å². The highest BCUT2D eigenvalue weighted by atomic mass is 79.9. The summed E-state index contributed by atoms with van der Waals surface area (Å²) in [4.78, 5) is 0. The van der Waals surface area contributed by atoms with Crippen molar-refractivity contribution in [1.82, 2.24) is 0 Å². The zero-order valence-electron chi connectivity index (χ0n) is 5.55. The molecule has 50 valence electrons. The Bertz CT molecular complexity index is 121. The number of allylic oxidation sites excluding steroid dienone is 6. The molecule has 0 heterocycles. The van der Waals surface area contributed by atoms with Crippen molar-refractivity contribution in [2.75, 3.05) is 5.33 Å². The highest BCUT2D eigenvalue weighted by Crippen LogP contribution is 1.83.